The average molecular weight is 189 g/mol. The molecule has 1 aliphatic rings. The van der Waals surface area contributed by atoms with Gasteiger partial charge in [-0.3, -0.25) is 4.90 Å². The highest BCUT2D eigenvalue weighted by Gasteiger charge is 2.15. The summed E-state index contributed by atoms with van der Waals surface area (Å²) >= 11 is 1.84. The number of thiophene rings is 1. The van der Waals surface area contributed by atoms with Crippen molar-refractivity contribution in [3.8, 4) is 0 Å². The second kappa shape index (κ2) is 2.56. The van der Waals surface area contributed by atoms with Gasteiger partial charge in [-0.1, -0.05) is 0 Å². The van der Waals surface area contributed by atoms with Gasteiger partial charge in [0, 0.05) is 17.8 Å². The minimum Gasteiger partial charge on any atom is -0.298 e. The Morgan fingerprint density at radius 3 is 2.85 bits per heavy atom. The van der Waals surface area contributed by atoms with Gasteiger partial charge in [0.15, 0.2) is 0 Å². The van der Waals surface area contributed by atoms with Crippen LogP contribution < -0.4 is 0 Å². The summed E-state index contributed by atoms with van der Waals surface area (Å²) in [7, 11) is 2.17. The number of hydrogen-bond donors (Lipinski definition) is 0. The zero-order valence-electron chi connectivity index (χ0n) is 7.58. The molecule has 66 valence electrons. The van der Waals surface area contributed by atoms with Crippen LogP contribution in [0.5, 0.6) is 0 Å². The maximum absolute atomic E-state index is 2.36. The van der Waals surface area contributed by atoms with Crippen LogP contribution >= 0.6 is 11.3 Å². The quantitative estimate of drug-likeness (QED) is 0.616. The summed E-state index contributed by atoms with van der Waals surface area (Å²) in [5, 5.41) is 3.57. The lowest BCUT2D eigenvalue weighted by molar-refractivity contribution is 0.353. The van der Waals surface area contributed by atoms with Gasteiger partial charge in [0.05, 0.1) is 0 Å². The molecule has 0 atom stereocenters. The van der Waals surface area contributed by atoms with Crippen molar-refractivity contribution in [1.29, 1.82) is 0 Å². The summed E-state index contributed by atoms with van der Waals surface area (Å²) in [5.74, 6) is 0. The molecule has 1 aliphatic heterocycles. The molecule has 1 aromatic heterocycles. The minimum atomic E-state index is 1.11. The molecular weight excluding hydrogens is 178 g/mol. The summed E-state index contributed by atoms with van der Waals surface area (Å²) in [6.45, 7) is 2.23. The van der Waals surface area contributed by atoms with Gasteiger partial charge in [-0.25, -0.2) is 0 Å². The van der Waals surface area contributed by atoms with Crippen molar-refractivity contribution in [2.24, 2.45) is 0 Å². The maximum Gasteiger partial charge on any atom is 0.0346 e. The molecule has 1 aromatic carbocycles. The minimum absolute atomic E-state index is 1.11. The highest BCUT2D eigenvalue weighted by molar-refractivity contribution is 7.17. The van der Waals surface area contributed by atoms with Gasteiger partial charge < -0.3 is 0 Å². The molecule has 13 heavy (non-hydrogen) atoms. The fourth-order valence-electron chi connectivity index (χ4n) is 2.03. The van der Waals surface area contributed by atoms with Crippen molar-refractivity contribution in [2.45, 2.75) is 13.1 Å². The standard InChI is InChI=1S/C11H11NS/c1-12-6-9-4-8-2-3-13-11(8)5-10(9)7-12/h2-5H,6-7H2,1H3. The van der Waals surface area contributed by atoms with E-state index in [2.05, 4.69) is 35.5 Å². The van der Waals surface area contributed by atoms with Gasteiger partial charge in [0.25, 0.3) is 0 Å². The molecule has 0 aliphatic carbocycles. The van der Waals surface area contributed by atoms with Crippen LogP contribution in [0.1, 0.15) is 11.1 Å². The van der Waals surface area contributed by atoms with Crippen molar-refractivity contribution in [1.82, 2.24) is 4.90 Å². The monoisotopic (exact) mass is 189 g/mol. The predicted molar refractivity (Wildman–Crippen MR) is 57.0 cm³/mol. The van der Waals surface area contributed by atoms with Gasteiger partial charge in [0.2, 0.25) is 0 Å². The Kier molecular flexibility index (Phi) is 1.49. The molecule has 0 unspecified atom stereocenters. The van der Waals surface area contributed by atoms with Crippen LogP contribution in [0.4, 0.5) is 0 Å². The normalized spacial score (nSPS) is 16.7. The highest BCUT2D eigenvalue weighted by Crippen LogP contribution is 2.29. The first kappa shape index (κ1) is 7.54. The van der Waals surface area contributed by atoms with Gasteiger partial charge in [-0.2, -0.15) is 0 Å². The van der Waals surface area contributed by atoms with Crippen LogP contribution in [-0.2, 0) is 13.1 Å². The van der Waals surface area contributed by atoms with Crippen molar-refractivity contribution in [2.75, 3.05) is 7.05 Å². The highest BCUT2D eigenvalue weighted by atomic mass is 32.1. The van der Waals surface area contributed by atoms with Gasteiger partial charge in [-0.05, 0) is 47.1 Å². The predicted octanol–water partition coefficient (Wildman–Crippen LogP) is 2.85. The SMILES string of the molecule is CN1Cc2cc3ccsc3cc2C1. The lowest BCUT2D eigenvalue weighted by Gasteiger charge is -2.02. The third kappa shape index (κ3) is 1.10. The molecule has 2 heterocycles. The van der Waals surface area contributed by atoms with E-state index >= 15 is 0 Å². The summed E-state index contributed by atoms with van der Waals surface area (Å²) in [6.07, 6.45) is 0. The molecule has 3 rings (SSSR count). The van der Waals surface area contributed by atoms with E-state index in [1.54, 1.807) is 0 Å². The molecule has 0 amide bonds. The lowest BCUT2D eigenvalue weighted by atomic mass is 10.1. The number of rotatable bonds is 0. The first-order valence-corrected chi connectivity index (χ1v) is 5.38. The first-order chi connectivity index (χ1) is 6.33. The Morgan fingerprint density at radius 2 is 2.00 bits per heavy atom. The summed E-state index contributed by atoms with van der Waals surface area (Å²) in [4.78, 5) is 2.36. The zero-order valence-corrected chi connectivity index (χ0v) is 8.40. The molecule has 0 spiro atoms. The van der Waals surface area contributed by atoms with Crippen molar-refractivity contribution in [3.05, 3.63) is 34.7 Å². The van der Waals surface area contributed by atoms with Crippen LogP contribution in [0.2, 0.25) is 0 Å². The first-order valence-electron chi connectivity index (χ1n) is 4.50. The Labute approximate surface area is 81.6 Å². The van der Waals surface area contributed by atoms with Crippen molar-refractivity contribution < 1.29 is 0 Å². The van der Waals surface area contributed by atoms with Crippen LogP contribution in [0.3, 0.4) is 0 Å². The van der Waals surface area contributed by atoms with Crippen LogP contribution in [-0.4, -0.2) is 11.9 Å². The average Bonchev–Trinajstić information content (AvgIpc) is 2.63. The summed E-state index contributed by atoms with van der Waals surface area (Å²) in [6, 6.07) is 6.89. The van der Waals surface area contributed by atoms with Crippen molar-refractivity contribution in [3.63, 3.8) is 0 Å². The second-order valence-corrected chi connectivity index (χ2v) is 4.70. The van der Waals surface area contributed by atoms with Gasteiger partial charge >= 0.3 is 0 Å². The third-order valence-corrected chi connectivity index (χ3v) is 3.53. The fraction of sp³-hybridized carbons (Fsp3) is 0.273. The number of nitrogens with zero attached hydrogens (tertiary/aromatic N) is 1. The third-order valence-electron chi connectivity index (χ3n) is 2.66. The molecule has 0 saturated heterocycles. The lowest BCUT2D eigenvalue weighted by Crippen LogP contribution is -2.07. The van der Waals surface area contributed by atoms with E-state index in [9.17, 15) is 0 Å². The van der Waals surface area contributed by atoms with E-state index in [1.807, 2.05) is 11.3 Å². The number of hydrogen-bond acceptors (Lipinski definition) is 2. The molecule has 2 heteroatoms. The molecule has 2 aromatic rings. The van der Waals surface area contributed by atoms with E-state index in [0.717, 1.165) is 13.1 Å². The van der Waals surface area contributed by atoms with Crippen LogP contribution in [0, 0.1) is 0 Å². The number of benzene rings is 1. The van der Waals surface area contributed by atoms with Crippen LogP contribution in [0.15, 0.2) is 23.6 Å². The Hall–Kier alpha value is -0.860. The van der Waals surface area contributed by atoms with E-state index in [-0.39, 0.29) is 0 Å². The van der Waals surface area contributed by atoms with E-state index in [1.165, 1.54) is 21.2 Å². The van der Waals surface area contributed by atoms with E-state index in [0.29, 0.717) is 0 Å². The van der Waals surface area contributed by atoms with E-state index < -0.39 is 0 Å². The molecule has 0 fully saturated rings. The van der Waals surface area contributed by atoms with E-state index in [4.69, 9.17) is 0 Å². The van der Waals surface area contributed by atoms with Crippen LogP contribution in [0.25, 0.3) is 10.1 Å². The maximum atomic E-state index is 2.36. The topological polar surface area (TPSA) is 3.24 Å². The molecule has 0 bridgehead atoms. The molecule has 1 nitrogen and oxygen atoms in total. The Morgan fingerprint density at radius 1 is 1.23 bits per heavy atom. The van der Waals surface area contributed by atoms with Gasteiger partial charge in [0.1, 0.15) is 0 Å². The molecule has 0 saturated carbocycles. The molecule has 0 N–H and O–H groups in total. The Balaban J connectivity index is 2.27. The Bertz CT molecular complexity index is 418. The molecular formula is C11H11NS. The summed E-state index contributed by atoms with van der Waals surface area (Å²) < 4.78 is 1.43. The van der Waals surface area contributed by atoms with Crippen molar-refractivity contribution >= 4 is 21.4 Å². The molecule has 0 radical (unpaired) electrons. The second-order valence-electron chi connectivity index (χ2n) is 3.75. The fourth-order valence-corrected chi connectivity index (χ4v) is 2.87. The summed E-state index contributed by atoms with van der Waals surface area (Å²) in [5.41, 5.74) is 3.02. The van der Waals surface area contributed by atoms with Gasteiger partial charge in [-0.15, -0.1) is 11.3 Å². The smallest absolute Gasteiger partial charge is 0.0346 e. The zero-order chi connectivity index (χ0) is 8.84. The number of fused-ring (bicyclic) bond motifs is 2. The largest absolute Gasteiger partial charge is 0.298 e.